The SMILES string of the molecule is C#CCN(CC(=O)O)S(=O)(=O)c1ccc(Cl)cc1F. The van der Waals surface area contributed by atoms with Crippen molar-refractivity contribution in [2.24, 2.45) is 0 Å². The summed E-state index contributed by atoms with van der Waals surface area (Å²) < 4.78 is 38.2. The Morgan fingerprint density at radius 3 is 2.63 bits per heavy atom. The average Bonchev–Trinajstić information content (AvgIpc) is 2.27. The standard InChI is InChI=1S/C11H9ClFNO4S/c1-2-5-14(7-11(15)16)19(17,18)10-4-3-8(12)6-9(10)13/h1,3-4,6H,5,7H2,(H,15,16). The summed E-state index contributed by atoms with van der Waals surface area (Å²) in [5.74, 6) is -0.450. The summed E-state index contributed by atoms with van der Waals surface area (Å²) in [6, 6.07) is 2.97. The molecule has 8 heteroatoms. The third kappa shape index (κ3) is 3.67. The molecule has 0 unspecified atom stereocenters. The molecule has 0 radical (unpaired) electrons. The van der Waals surface area contributed by atoms with Crippen LogP contribution in [0.4, 0.5) is 4.39 Å². The third-order valence-corrected chi connectivity index (χ3v) is 4.15. The van der Waals surface area contributed by atoms with Crippen molar-refractivity contribution in [2.45, 2.75) is 4.90 Å². The van der Waals surface area contributed by atoms with Crippen molar-refractivity contribution in [1.82, 2.24) is 4.31 Å². The summed E-state index contributed by atoms with van der Waals surface area (Å²) in [5.41, 5.74) is 0. The lowest BCUT2D eigenvalue weighted by Crippen LogP contribution is -2.36. The molecule has 1 rings (SSSR count). The molecule has 0 fully saturated rings. The molecule has 0 spiro atoms. The lowest BCUT2D eigenvalue weighted by Gasteiger charge is -2.18. The minimum Gasteiger partial charge on any atom is -0.480 e. The molecule has 0 atom stereocenters. The maximum absolute atomic E-state index is 13.6. The van der Waals surface area contributed by atoms with Crippen molar-refractivity contribution >= 4 is 27.6 Å². The second-order valence-corrected chi connectivity index (χ2v) is 5.79. The number of hydrogen-bond donors (Lipinski definition) is 1. The van der Waals surface area contributed by atoms with Crippen LogP contribution < -0.4 is 0 Å². The first-order valence-electron chi connectivity index (χ1n) is 4.89. The van der Waals surface area contributed by atoms with E-state index >= 15 is 0 Å². The van der Waals surface area contributed by atoms with Gasteiger partial charge in [0.25, 0.3) is 0 Å². The molecule has 1 aromatic carbocycles. The lowest BCUT2D eigenvalue weighted by atomic mass is 10.3. The minimum absolute atomic E-state index is 0.0261. The second kappa shape index (κ2) is 6.02. The number of halogens is 2. The maximum atomic E-state index is 13.6. The van der Waals surface area contributed by atoms with Gasteiger partial charge in [-0.3, -0.25) is 4.79 Å². The van der Waals surface area contributed by atoms with Crippen LogP contribution >= 0.6 is 11.6 Å². The number of nitrogens with zero attached hydrogens (tertiary/aromatic N) is 1. The van der Waals surface area contributed by atoms with Gasteiger partial charge in [-0.1, -0.05) is 17.5 Å². The Morgan fingerprint density at radius 1 is 1.53 bits per heavy atom. The first kappa shape index (κ1) is 15.4. The summed E-state index contributed by atoms with van der Waals surface area (Å²) in [4.78, 5) is 9.94. The van der Waals surface area contributed by atoms with Gasteiger partial charge in [0, 0.05) is 5.02 Å². The van der Waals surface area contributed by atoms with Gasteiger partial charge in [0.15, 0.2) is 0 Å². The van der Waals surface area contributed by atoms with Crippen molar-refractivity contribution in [3.63, 3.8) is 0 Å². The van der Waals surface area contributed by atoms with Gasteiger partial charge < -0.3 is 5.11 Å². The zero-order chi connectivity index (χ0) is 14.6. The molecule has 0 saturated carbocycles. The van der Waals surface area contributed by atoms with Crippen LogP contribution in [0.2, 0.25) is 5.02 Å². The van der Waals surface area contributed by atoms with Gasteiger partial charge in [0.05, 0.1) is 6.54 Å². The highest BCUT2D eigenvalue weighted by Gasteiger charge is 2.28. The highest BCUT2D eigenvalue weighted by molar-refractivity contribution is 7.89. The molecular weight excluding hydrogens is 297 g/mol. The van der Waals surface area contributed by atoms with Gasteiger partial charge in [0.1, 0.15) is 17.3 Å². The number of hydrogen-bond acceptors (Lipinski definition) is 3. The summed E-state index contributed by atoms with van der Waals surface area (Å²) in [7, 11) is -4.33. The van der Waals surface area contributed by atoms with E-state index < -0.39 is 39.8 Å². The van der Waals surface area contributed by atoms with Crippen molar-refractivity contribution in [3.05, 3.63) is 29.0 Å². The Labute approximate surface area is 114 Å². The summed E-state index contributed by atoms with van der Waals surface area (Å²) in [5, 5.41) is 8.67. The molecule has 5 nitrogen and oxygen atoms in total. The second-order valence-electron chi connectivity index (χ2n) is 3.45. The molecule has 102 valence electrons. The minimum atomic E-state index is -4.33. The Hall–Kier alpha value is -1.62. The summed E-state index contributed by atoms with van der Waals surface area (Å²) >= 11 is 5.52. The smallest absolute Gasteiger partial charge is 0.318 e. The number of carbonyl (C=O) groups is 1. The zero-order valence-corrected chi connectivity index (χ0v) is 11.1. The van der Waals surface area contributed by atoms with Crippen molar-refractivity contribution < 1.29 is 22.7 Å². The molecule has 0 saturated heterocycles. The van der Waals surface area contributed by atoms with Crippen molar-refractivity contribution in [1.29, 1.82) is 0 Å². The van der Waals surface area contributed by atoms with Crippen molar-refractivity contribution in [2.75, 3.05) is 13.1 Å². The van der Waals surface area contributed by atoms with Gasteiger partial charge >= 0.3 is 5.97 Å². The molecular formula is C11H9ClFNO4S. The molecule has 0 aliphatic rings. The van der Waals surface area contributed by atoms with Crippen LogP contribution in [0.5, 0.6) is 0 Å². The van der Waals surface area contributed by atoms with E-state index in [9.17, 15) is 17.6 Å². The molecule has 0 aliphatic heterocycles. The van der Waals surface area contributed by atoms with Crippen LogP contribution in [-0.2, 0) is 14.8 Å². The predicted octanol–water partition coefficient (Wildman–Crippen LogP) is 1.19. The Kier molecular flexibility index (Phi) is 4.89. The third-order valence-electron chi connectivity index (χ3n) is 2.09. The molecule has 0 aliphatic carbocycles. The molecule has 1 N–H and O–H groups in total. The van der Waals surface area contributed by atoms with Crippen LogP contribution in [0.1, 0.15) is 0 Å². The van der Waals surface area contributed by atoms with Crippen molar-refractivity contribution in [3.8, 4) is 12.3 Å². The Balaban J connectivity index is 3.27. The van der Waals surface area contributed by atoms with Gasteiger partial charge in [0.2, 0.25) is 10.0 Å². The van der Waals surface area contributed by atoms with E-state index in [1.165, 1.54) is 6.07 Å². The highest BCUT2D eigenvalue weighted by atomic mass is 35.5. The fourth-order valence-corrected chi connectivity index (χ4v) is 2.81. The summed E-state index contributed by atoms with van der Waals surface area (Å²) in [6.45, 7) is -1.33. The van der Waals surface area contributed by atoms with Crippen LogP contribution in [0, 0.1) is 18.2 Å². The molecule has 0 heterocycles. The van der Waals surface area contributed by atoms with E-state index in [-0.39, 0.29) is 5.02 Å². The predicted molar refractivity (Wildman–Crippen MR) is 66.6 cm³/mol. The monoisotopic (exact) mass is 305 g/mol. The van der Waals surface area contributed by atoms with Gasteiger partial charge in [-0.05, 0) is 18.2 Å². The fourth-order valence-electron chi connectivity index (χ4n) is 1.30. The van der Waals surface area contributed by atoms with Crippen LogP contribution in [0.25, 0.3) is 0 Å². The molecule has 0 bridgehead atoms. The Morgan fingerprint density at radius 2 is 2.16 bits per heavy atom. The number of terminal acetylenes is 1. The van der Waals surface area contributed by atoms with Crippen LogP contribution in [0.3, 0.4) is 0 Å². The van der Waals surface area contributed by atoms with E-state index in [1.54, 1.807) is 0 Å². The number of carboxylic acid groups (broad SMARTS) is 1. The Bertz CT molecular complexity index is 639. The number of rotatable bonds is 5. The quantitative estimate of drug-likeness (QED) is 0.829. The van der Waals surface area contributed by atoms with E-state index in [0.29, 0.717) is 4.31 Å². The maximum Gasteiger partial charge on any atom is 0.318 e. The first-order valence-corrected chi connectivity index (χ1v) is 6.71. The lowest BCUT2D eigenvalue weighted by molar-refractivity contribution is -0.137. The number of sulfonamides is 1. The van der Waals surface area contributed by atoms with Gasteiger partial charge in [-0.25, -0.2) is 12.8 Å². The van der Waals surface area contributed by atoms with Gasteiger partial charge in [-0.2, -0.15) is 4.31 Å². The van der Waals surface area contributed by atoms with Gasteiger partial charge in [-0.15, -0.1) is 6.42 Å². The molecule has 1 aromatic rings. The topological polar surface area (TPSA) is 74.7 Å². The molecule has 0 amide bonds. The summed E-state index contributed by atoms with van der Waals surface area (Å²) in [6.07, 6.45) is 4.98. The normalized spacial score (nSPS) is 11.3. The average molecular weight is 306 g/mol. The van der Waals surface area contributed by atoms with Crippen LogP contribution in [-0.4, -0.2) is 36.9 Å². The number of aliphatic carboxylic acids is 1. The van der Waals surface area contributed by atoms with E-state index in [0.717, 1.165) is 12.1 Å². The molecule has 19 heavy (non-hydrogen) atoms. The fraction of sp³-hybridized carbons (Fsp3) is 0.182. The zero-order valence-electron chi connectivity index (χ0n) is 9.51. The van der Waals surface area contributed by atoms with E-state index in [4.69, 9.17) is 23.1 Å². The molecule has 0 aromatic heterocycles. The largest absolute Gasteiger partial charge is 0.480 e. The van der Waals surface area contributed by atoms with Crippen LogP contribution in [0.15, 0.2) is 23.1 Å². The number of benzene rings is 1. The van der Waals surface area contributed by atoms with E-state index in [2.05, 4.69) is 0 Å². The van der Waals surface area contributed by atoms with E-state index in [1.807, 2.05) is 5.92 Å². The first-order chi connectivity index (χ1) is 8.78. The highest BCUT2D eigenvalue weighted by Crippen LogP contribution is 2.22. The number of carboxylic acids is 1.